The first-order valence-electron chi connectivity index (χ1n) is 8.40. The molecule has 0 spiro atoms. The topological polar surface area (TPSA) is 56.2 Å². The van der Waals surface area contributed by atoms with E-state index in [1.54, 1.807) is 6.20 Å². The van der Waals surface area contributed by atoms with Crippen LogP contribution in [-0.2, 0) is 17.8 Å². The van der Waals surface area contributed by atoms with Crippen LogP contribution in [0, 0.1) is 0 Å². The Morgan fingerprint density at radius 3 is 2.84 bits per heavy atom. The van der Waals surface area contributed by atoms with Crippen LogP contribution in [0.2, 0.25) is 0 Å². The summed E-state index contributed by atoms with van der Waals surface area (Å²) in [7, 11) is 0. The van der Waals surface area contributed by atoms with Crippen LogP contribution in [0.3, 0.4) is 0 Å². The maximum atomic E-state index is 12.2. The highest BCUT2D eigenvalue weighted by Gasteiger charge is 2.24. The summed E-state index contributed by atoms with van der Waals surface area (Å²) in [5.41, 5.74) is 3.34. The molecule has 0 bridgehead atoms. The third-order valence-electron chi connectivity index (χ3n) is 4.44. The second-order valence-corrected chi connectivity index (χ2v) is 6.08. The van der Waals surface area contributed by atoms with Gasteiger partial charge >= 0.3 is 6.09 Å². The highest BCUT2D eigenvalue weighted by Crippen LogP contribution is 2.28. The molecule has 1 unspecified atom stereocenters. The van der Waals surface area contributed by atoms with Gasteiger partial charge in [-0.3, -0.25) is 0 Å². The Morgan fingerprint density at radius 1 is 1.16 bits per heavy atom. The number of aryl methyl sites for hydroxylation is 1. The summed E-state index contributed by atoms with van der Waals surface area (Å²) in [6.07, 6.45) is 4.94. The van der Waals surface area contributed by atoms with E-state index >= 15 is 0 Å². The lowest BCUT2D eigenvalue weighted by molar-refractivity contribution is 0.134. The number of alkyl carbamates (subject to hydrolysis) is 1. The molecule has 0 saturated carbocycles. The summed E-state index contributed by atoms with van der Waals surface area (Å²) in [6.45, 7) is 0.258. The van der Waals surface area contributed by atoms with Crippen LogP contribution in [0.4, 0.5) is 4.79 Å². The van der Waals surface area contributed by atoms with Gasteiger partial charge in [0.25, 0.3) is 0 Å². The number of nitrogens with one attached hydrogen (secondary N) is 1. The van der Waals surface area contributed by atoms with Gasteiger partial charge in [0.05, 0.1) is 6.04 Å². The van der Waals surface area contributed by atoms with Gasteiger partial charge in [0.15, 0.2) is 0 Å². The summed E-state index contributed by atoms with van der Waals surface area (Å²) < 4.78 is 7.40. The van der Waals surface area contributed by atoms with Gasteiger partial charge < -0.3 is 14.6 Å². The van der Waals surface area contributed by atoms with E-state index in [4.69, 9.17) is 4.74 Å². The van der Waals surface area contributed by atoms with Crippen molar-refractivity contribution in [3.05, 3.63) is 83.9 Å². The van der Waals surface area contributed by atoms with Crippen LogP contribution >= 0.6 is 0 Å². The largest absolute Gasteiger partial charge is 0.445 e. The molecule has 5 nitrogen and oxygen atoms in total. The number of nitrogens with zero attached hydrogens (tertiary/aromatic N) is 2. The fraction of sp³-hybridized carbons (Fsp3) is 0.200. The van der Waals surface area contributed by atoms with Gasteiger partial charge in [-0.25, -0.2) is 9.78 Å². The number of carbonyl (C=O) groups is 1. The molecular weight excluding hydrogens is 314 g/mol. The molecule has 0 fully saturated rings. The highest BCUT2D eigenvalue weighted by molar-refractivity contribution is 5.68. The zero-order valence-electron chi connectivity index (χ0n) is 13.8. The van der Waals surface area contributed by atoms with Crippen LogP contribution in [-0.4, -0.2) is 15.6 Å². The average Bonchev–Trinajstić information content (AvgIpc) is 3.09. The normalized spacial score (nSPS) is 15.6. The Hall–Kier alpha value is -3.08. The summed E-state index contributed by atoms with van der Waals surface area (Å²) in [5, 5.41) is 2.96. The first kappa shape index (κ1) is 15.4. The van der Waals surface area contributed by atoms with Crippen molar-refractivity contribution in [2.75, 3.05) is 0 Å². The van der Waals surface area contributed by atoms with Crippen molar-refractivity contribution in [1.29, 1.82) is 0 Å². The van der Waals surface area contributed by atoms with Gasteiger partial charge in [0, 0.05) is 18.1 Å². The molecule has 1 aromatic heterocycles. The molecule has 1 aliphatic rings. The minimum atomic E-state index is -0.422. The molecule has 1 aliphatic heterocycles. The summed E-state index contributed by atoms with van der Waals surface area (Å²) >= 11 is 0. The highest BCUT2D eigenvalue weighted by atomic mass is 16.5. The lowest BCUT2D eigenvalue weighted by atomic mass is 10.1. The van der Waals surface area contributed by atoms with E-state index < -0.39 is 6.09 Å². The number of hydrogen-bond donors (Lipinski definition) is 1. The second-order valence-electron chi connectivity index (χ2n) is 6.08. The first-order valence-corrected chi connectivity index (χ1v) is 8.40. The number of aromatic nitrogens is 2. The van der Waals surface area contributed by atoms with Crippen molar-refractivity contribution in [2.45, 2.75) is 25.5 Å². The van der Waals surface area contributed by atoms with Crippen LogP contribution in [0.5, 0.6) is 0 Å². The predicted molar refractivity (Wildman–Crippen MR) is 94.4 cm³/mol. The minimum Gasteiger partial charge on any atom is -0.445 e. The molecule has 25 heavy (non-hydrogen) atoms. The predicted octanol–water partition coefficient (Wildman–Crippen LogP) is 3.79. The molecule has 1 amide bonds. The lowest BCUT2D eigenvalue weighted by Gasteiger charge is -2.16. The van der Waals surface area contributed by atoms with Crippen LogP contribution in [0.1, 0.15) is 29.4 Å². The van der Waals surface area contributed by atoms with Crippen molar-refractivity contribution in [3.63, 3.8) is 0 Å². The maximum Gasteiger partial charge on any atom is 0.408 e. The number of imidazole rings is 1. The number of amides is 1. The fourth-order valence-corrected chi connectivity index (χ4v) is 3.21. The smallest absolute Gasteiger partial charge is 0.408 e. The molecule has 4 rings (SSSR count). The van der Waals surface area contributed by atoms with E-state index in [9.17, 15) is 4.79 Å². The molecule has 1 atom stereocenters. The summed E-state index contributed by atoms with van der Waals surface area (Å²) in [5.74, 6) is 0.835. The number of ether oxygens (including phenoxy) is 1. The molecular formula is C20H19N3O2. The SMILES string of the molecule is O=C(NC1CCc2ccccc2-n2ccnc21)OCc1ccccc1. The van der Waals surface area contributed by atoms with Gasteiger partial charge in [-0.05, 0) is 30.0 Å². The number of fused-ring (bicyclic) bond motifs is 3. The molecule has 0 saturated heterocycles. The van der Waals surface area contributed by atoms with Crippen molar-refractivity contribution >= 4 is 6.09 Å². The number of carbonyl (C=O) groups excluding carboxylic acids is 1. The van der Waals surface area contributed by atoms with E-state index in [2.05, 4.69) is 22.4 Å². The van der Waals surface area contributed by atoms with Crippen molar-refractivity contribution < 1.29 is 9.53 Å². The summed E-state index contributed by atoms with van der Waals surface area (Å²) in [6, 6.07) is 17.7. The molecule has 0 radical (unpaired) electrons. The van der Waals surface area contributed by atoms with Gasteiger partial charge in [0.2, 0.25) is 0 Å². The van der Waals surface area contributed by atoms with Gasteiger partial charge in [-0.15, -0.1) is 0 Å². The quantitative estimate of drug-likeness (QED) is 0.793. The van der Waals surface area contributed by atoms with Crippen LogP contribution in [0.25, 0.3) is 5.69 Å². The minimum absolute atomic E-state index is 0.175. The van der Waals surface area contributed by atoms with E-state index in [0.717, 1.165) is 29.9 Å². The standard InChI is InChI=1S/C20H19N3O2/c24-20(25-14-15-6-2-1-3-7-15)22-17-11-10-16-8-4-5-9-18(16)23-13-12-21-19(17)23/h1-9,12-13,17H,10-11,14H2,(H,22,24). The molecule has 2 heterocycles. The number of hydrogen-bond acceptors (Lipinski definition) is 3. The molecule has 126 valence electrons. The number of benzene rings is 2. The van der Waals surface area contributed by atoms with E-state index in [0.29, 0.717) is 0 Å². The zero-order valence-corrected chi connectivity index (χ0v) is 13.8. The first-order chi connectivity index (χ1) is 12.3. The Bertz CT molecular complexity index is 873. The molecule has 1 N–H and O–H groups in total. The number of para-hydroxylation sites is 1. The zero-order chi connectivity index (χ0) is 17.1. The molecule has 2 aromatic carbocycles. The van der Waals surface area contributed by atoms with E-state index in [-0.39, 0.29) is 12.6 Å². The van der Waals surface area contributed by atoms with E-state index in [1.165, 1.54) is 5.56 Å². The Balaban J connectivity index is 1.48. The van der Waals surface area contributed by atoms with Crippen molar-refractivity contribution in [2.24, 2.45) is 0 Å². The Kier molecular flexibility index (Phi) is 4.21. The fourth-order valence-electron chi connectivity index (χ4n) is 3.21. The van der Waals surface area contributed by atoms with Gasteiger partial charge in [-0.1, -0.05) is 48.5 Å². The Labute approximate surface area is 146 Å². The second kappa shape index (κ2) is 6.81. The average molecular weight is 333 g/mol. The van der Waals surface area contributed by atoms with Gasteiger partial charge in [-0.2, -0.15) is 0 Å². The van der Waals surface area contributed by atoms with Crippen LogP contribution < -0.4 is 5.32 Å². The van der Waals surface area contributed by atoms with Crippen molar-refractivity contribution in [3.8, 4) is 5.69 Å². The van der Waals surface area contributed by atoms with Crippen LogP contribution in [0.15, 0.2) is 67.0 Å². The van der Waals surface area contributed by atoms with Crippen molar-refractivity contribution in [1.82, 2.24) is 14.9 Å². The number of rotatable bonds is 3. The molecule has 3 aromatic rings. The monoisotopic (exact) mass is 333 g/mol. The third-order valence-corrected chi connectivity index (χ3v) is 4.44. The van der Waals surface area contributed by atoms with Gasteiger partial charge in [0.1, 0.15) is 12.4 Å². The summed E-state index contributed by atoms with van der Waals surface area (Å²) in [4.78, 5) is 16.7. The Morgan fingerprint density at radius 2 is 1.96 bits per heavy atom. The molecule has 5 heteroatoms. The molecule has 0 aliphatic carbocycles. The maximum absolute atomic E-state index is 12.2. The third kappa shape index (κ3) is 3.26. The lowest BCUT2D eigenvalue weighted by Crippen LogP contribution is -2.30. The van der Waals surface area contributed by atoms with E-state index in [1.807, 2.05) is 53.2 Å².